The third-order valence-corrected chi connectivity index (χ3v) is 3.79. The van der Waals surface area contributed by atoms with Gasteiger partial charge < -0.3 is 14.6 Å². The van der Waals surface area contributed by atoms with Crippen LogP contribution >= 0.6 is 0 Å². The van der Waals surface area contributed by atoms with E-state index in [1.54, 1.807) is 6.92 Å². The summed E-state index contributed by atoms with van der Waals surface area (Å²) in [6.45, 7) is 7.56. The lowest BCUT2D eigenvalue weighted by Gasteiger charge is -2.09. The lowest BCUT2D eigenvalue weighted by atomic mass is 10.2. The quantitative estimate of drug-likeness (QED) is 0.799. The topological polar surface area (TPSA) is 60.3 Å². The van der Waals surface area contributed by atoms with Crippen molar-refractivity contribution in [2.45, 2.75) is 46.7 Å². The molecule has 0 fully saturated rings. The molecule has 5 heteroatoms. The van der Waals surface area contributed by atoms with Crippen LogP contribution in [-0.4, -0.2) is 23.1 Å². The van der Waals surface area contributed by atoms with E-state index in [9.17, 15) is 9.59 Å². The van der Waals surface area contributed by atoms with E-state index in [4.69, 9.17) is 4.74 Å². The lowest BCUT2D eigenvalue weighted by Crippen LogP contribution is -2.24. The van der Waals surface area contributed by atoms with Gasteiger partial charge in [-0.1, -0.05) is 11.6 Å². The van der Waals surface area contributed by atoms with Gasteiger partial charge in [0, 0.05) is 29.6 Å². The number of hydrogen-bond donors (Lipinski definition) is 1. The third kappa shape index (κ3) is 4.34. The summed E-state index contributed by atoms with van der Waals surface area (Å²) in [5, 5.41) is 4.06. The molecule has 1 N–H and O–H groups in total. The van der Waals surface area contributed by atoms with Gasteiger partial charge in [-0.15, -0.1) is 0 Å². The smallest absolute Gasteiger partial charge is 0.306 e. The minimum Gasteiger partial charge on any atom is -0.466 e. The van der Waals surface area contributed by atoms with Gasteiger partial charge in [-0.05, 0) is 39.0 Å². The summed E-state index contributed by atoms with van der Waals surface area (Å²) in [5.41, 5.74) is 3.46. The van der Waals surface area contributed by atoms with Gasteiger partial charge in [0.15, 0.2) is 0 Å². The molecule has 1 aromatic heterocycles. The maximum atomic E-state index is 11.9. The Morgan fingerprint density at radius 3 is 2.65 bits per heavy atom. The van der Waals surface area contributed by atoms with Crippen LogP contribution in [0.2, 0.25) is 0 Å². The monoisotopic (exact) mass is 316 g/mol. The van der Waals surface area contributed by atoms with Crippen molar-refractivity contribution in [1.82, 2.24) is 9.88 Å². The Morgan fingerprint density at radius 1 is 1.17 bits per heavy atom. The Morgan fingerprint density at radius 2 is 1.96 bits per heavy atom. The van der Waals surface area contributed by atoms with Crippen molar-refractivity contribution in [3.05, 3.63) is 35.5 Å². The molecule has 0 aliphatic heterocycles. The maximum Gasteiger partial charge on any atom is 0.306 e. The molecule has 2 rings (SSSR count). The van der Waals surface area contributed by atoms with Crippen molar-refractivity contribution in [1.29, 1.82) is 0 Å². The Bertz CT molecular complexity index is 704. The van der Waals surface area contributed by atoms with Crippen LogP contribution in [0, 0.1) is 6.92 Å². The minimum atomic E-state index is -0.333. The van der Waals surface area contributed by atoms with Gasteiger partial charge in [-0.2, -0.15) is 0 Å². The number of ether oxygens (including phenoxy) is 1. The summed E-state index contributed by atoms with van der Waals surface area (Å²) < 4.78 is 7.01. The first kappa shape index (κ1) is 17.1. The second-order valence-corrected chi connectivity index (χ2v) is 5.52. The lowest BCUT2D eigenvalue weighted by molar-refractivity contribution is -0.144. The molecule has 0 aliphatic carbocycles. The summed E-state index contributed by atoms with van der Waals surface area (Å²) in [6, 6.07) is 8.46. The van der Waals surface area contributed by atoms with Crippen molar-refractivity contribution in [2.75, 3.05) is 6.61 Å². The standard InChI is InChI=1S/C18H24N2O3/c1-4-20-15(11-14-10-13(3)6-7-16(14)20)12-19-17(21)8-9-18(22)23-5-2/h6-7,10-11H,4-5,8-9,12H2,1-3H3,(H,19,21). The van der Waals surface area contributed by atoms with Crippen LogP contribution in [0.15, 0.2) is 24.3 Å². The van der Waals surface area contributed by atoms with E-state index < -0.39 is 0 Å². The highest BCUT2D eigenvalue weighted by Crippen LogP contribution is 2.21. The number of amides is 1. The summed E-state index contributed by atoms with van der Waals surface area (Å²) in [6.07, 6.45) is 0.278. The zero-order valence-corrected chi connectivity index (χ0v) is 14.0. The van der Waals surface area contributed by atoms with E-state index in [1.807, 2.05) is 0 Å². The number of esters is 1. The molecule has 1 aromatic carbocycles. The molecule has 0 saturated carbocycles. The molecule has 124 valence electrons. The number of benzene rings is 1. The summed E-state index contributed by atoms with van der Waals surface area (Å²) in [5.74, 6) is -0.470. The molecule has 1 amide bonds. The molecule has 0 radical (unpaired) electrons. The fourth-order valence-electron chi connectivity index (χ4n) is 2.69. The number of nitrogens with one attached hydrogen (secondary N) is 1. The van der Waals surface area contributed by atoms with Gasteiger partial charge in [0.05, 0.1) is 19.6 Å². The van der Waals surface area contributed by atoms with E-state index in [1.165, 1.54) is 16.5 Å². The van der Waals surface area contributed by atoms with Crippen molar-refractivity contribution < 1.29 is 14.3 Å². The summed E-state index contributed by atoms with van der Waals surface area (Å²) >= 11 is 0. The highest BCUT2D eigenvalue weighted by atomic mass is 16.5. The van der Waals surface area contributed by atoms with E-state index in [0.29, 0.717) is 13.2 Å². The number of hydrogen-bond acceptors (Lipinski definition) is 3. The average molecular weight is 316 g/mol. The molecule has 23 heavy (non-hydrogen) atoms. The molecular formula is C18H24N2O3. The van der Waals surface area contributed by atoms with Crippen molar-refractivity contribution in [2.24, 2.45) is 0 Å². The van der Waals surface area contributed by atoms with E-state index in [0.717, 1.165) is 12.2 Å². The summed E-state index contributed by atoms with van der Waals surface area (Å²) in [4.78, 5) is 23.1. The first-order chi connectivity index (χ1) is 11.0. The average Bonchev–Trinajstić information content (AvgIpc) is 2.87. The van der Waals surface area contributed by atoms with Crippen molar-refractivity contribution in [3.8, 4) is 0 Å². The van der Waals surface area contributed by atoms with Crippen LogP contribution in [0.1, 0.15) is 37.9 Å². The van der Waals surface area contributed by atoms with Crippen molar-refractivity contribution >= 4 is 22.8 Å². The fraction of sp³-hybridized carbons (Fsp3) is 0.444. The molecule has 1 heterocycles. The van der Waals surface area contributed by atoms with Crippen LogP contribution in [0.4, 0.5) is 0 Å². The molecule has 2 aromatic rings. The molecule has 5 nitrogen and oxygen atoms in total. The van der Waals surface area contributed by atoms with Crippen molar-refractivity contribution in [3.63, 3.8) is 0 Å². The molecule has 0 bridgehead atoms. The SMILES string of the molecule is CCOC(=O)CCC(=O)NCc1cc2cc(C)ccc2n1CC. The largest absolute Gasteiger partial charge is 0.466 e. The highest BCUT2D eigenvalue weighted by Gasteiger charge is 2.10. The molecule has 0 saturated heterocycles. The zero-order valence-electron chi connectivity index (χ0n) is 14.0. The third-order valence-electron chi connectivity index (χ3n) is 3.79. The van der Waals surface area contributed by atoms with E-state index >= 15 is 0 Å². The van der Waals surface area contributed by atoms with Crippen LogP contribution in [0.25, 0.3) is 10.9 Å². The first-order valence-electron chi connectivity index (χ1n) is 8.06. The highest BCUT2D eigenvalue weighted by molar-refractivity contribution is 5.83. The zero-order chi connectivity index (χ0) is 16.8. The van der Waals surface area contributed by atoms with Gasteiger partial charge in [0.1, 0.15) is 0 Å². The van der Waals surface area contributed by atoms with Gasteiger partial charge >= 0.3 is 5.97 Å². The number of rotatable bonds is 7. The Hall–Kier alpha value is -2.30. The number of nitrogens with zero attached hydrogens (tertiary/aromatic N) is 1. The normalized spacial score (nSPS) is 10.7. The van der Waals surface area contributed by atoms with E-state index in [2.05, 4.69) is 48.0 Å². The number of carbonyl (C=O) groups is 2. The number of fused-ring (bicyclic) bond motifs is 1. The van der Waals surface area contributed by atoms with Gasteiger partial charge in [0.2, 0.25) is 5.91 Å². The summed E-state index contributed by atoms with van der Waals surface area (Å²) in [7, 11) is 0. The van der Waals surface area contributed by atoms with Gasteiger partial charge in [-0.25, -0.2) is 0 Å². The maximum absolute atomic E-state index is 11.9. The van der Waals surface area contributed by atoms with Gasteiger partial charge in [0.25, 0.3) is 0 Å². The number of aromatic nitrogens is 1. The molecule has 0 spiro atoms. The van der Waals surface area contributed by atoms with E-state index in [-0.39, 0.29) is 24.7 Å². The van der Waals surface area contributed by atoms with Crippen LogP contribution in [0.3, 0.4) is 0 Å². The van der Waals surface area contributed by atoms with Crippen LogP contribution in [0.5, 0.6) is 0 Å². The number of aryl methyl sites for hydroxylation is 2. The predicted molar refractivity (Wildman–Crippen MR) is 90.1 cm³/mol. The molecule has 0 atom stereocenters. The van der Waals surface area contributed by atoms with Crippen LogP contribution in [-0.2, 0) is 27.4 Å². The second kappa shape index (κ2) is 7.81. The molecular weight excluding hydrogens is 292 g/mol. The van der Waals surface area contributed by atoms with Crippen LogP contribution < -0.4 is 5.32 Å². The molecule has 0 unspecified atom stereocenters. The fourth-order valence-corrected chi connectivity index (χ4v) is 2.69. The second-order valence-electron chi connectivity index (χ2n) is 5.52. The predicted octanol–water partition coefficient (Wildman–Crippen LogP) is 2.93. The number of carbonyl (C=O) groups excluding carboxylic acids is 2. The Kier molecular flexibility index (Phi) is 5.79. The van der Waals surface area contributed by atoms with Gasteiger partial charge in [-0.3, -0.25) is 9.59 Å². The minimum absolute atomic E-state index is 0.121. The Balaban J connectivity index is 1.99. The first-order valence-corrected chi connectivity index (χ1v) is 8.06. The Labute approximate surface area is 136 Å². The molecule has 0 aliphatic rings.